The highest BCUT2D eigenvalue weighted by Crippen LogP contribution is 2.20. The molecule has 2 aromatic carbocycles. The average molecular weight is 828 g/mol. The van der Waals surface area contributed by atoms with Crippen LogP contribution in [0.3, 0.4) is 0 Å². The van der Waals surface area contributed by atoms with Gasteiger partial charge in [-0.25, -0.2) is 0 Å². The van der Waals surface area contributed by atoms with Gasteiger partial charge in [-0.15, -0.1) is 0 Å². The molecule has 0 radical (unpaired) electrons. The molecule has 2 aliphatic rings. The van der Waals surface area contributed by atoms with Crippen LogP contribution in [0.5, 0.6) is 12.0 Å². The maximum Gasteiger partial charge on any atom is 0.414 e. The molecule has 2 aliphatic heterocycles. The van der Waals surface area contributed by atoms with Crippen LogP contribution < -0.4 is 20.1 Å². The van der Waals surface area contributed by atoms with Gasteiger partial charge in [0.1, 0.15) is 25.6 Å². The zero-order valence-electron chi connectivity index (χ0n) is 30.7. The maximum atomic E-state index is 12.3. The van der Waals surface area contributed by atoms with Crippen molar-refractivity contribution in [3.05, 3.63) is 96.8 Å². The first kappa shape index (κ1) is 42.0. The van der Waals surface area contributed by atoms with Gasteiger partial charge in [0.2, 0.25) is 11.8 Å². The van der Waals surface area contributed by atoms with Gasteiger partial charge in [-0.05, 0) is 58.7 Å². The average Bonchev–Trinajstić information content (AvgIpc) is 3.75. The number of hydrogen-bond donors (Lipinski definition) is 2. The third-order valence-corrected chi connectivity index (χ3v) is 8.66. The Bertz CT molecular complexity index is 1930. The van der Waals surface area contributed by atoms with Gasteiger partial charge >= 0.3 is 23.7 Å². The molecule has 0 bridgehead atoms. The molecule has 0 fully saturated rings. The van der Waals surface area contributed by atoms with E-state index in [0.29, 0.717) is 63.7 Å². The first-order valence-corrected chi connectivity index (χ1v) is 18.3. The third kappa shape index (κ3) is 13.0. The van der Waals surface area contributed by atoms with E-state index >= 15 is 0 Å². The Kier molecular flexibility index (Phi) is 15.8. The molecule has 20 heteroatoms. The predicted octanol–water partition coefficient (Wildman–Crippen LogP) is 3.92. The van der Waals surface area contributed by atoms with Crippen molar-refractivity contribution in [1.29, 1.82) is 0 Å². The van der Waals surface area contributed by atoms with E-state index in [1.54, 1.807) is 33.4 Å². The quantitative estimate of drug-likeness (QED) is 0.132. The van der Waals surface area contributed by atoms with Crippen molar-refractivity contribution < 1.29 is 33.7 Å². The van der Waals surface area contributed by atoms with E-state index in [4.69, 9.17) is 9.47 Å². The van der Waals surface area contributed by atoms with Gasteiger partial charge < -0.3 is 40.3 Å². The van der Waals surface area contributed by atoms with E-state index < -0.39 is 9.85 Å². The topological polar surface area (TPSA) is 222 Å². The van der Waals surface area contributed by atoms with E-state index in [0.717, 1.165) is 10.0 Å². The van der Waals surface area contributed by atoms with Gasteiger partial charge in [-0.3, -0.25) is 33.3 Å². The number of ketones is 1. The number of amides is 2. The number of benzene rings is 2. The Labute approximate surface area is 325 Å². The summed E-state index contributed by atoms with van der Waals surface area (Å²) in [6.45, 7) is 9.98. The SMILES string of the molecule is CC.CC(=O)c1ccc(NC(=O)CN2CCOc3nc([N+](=O)[O-])cn3CC2)cc1.O=C(CN1CCOc2nc([N+](=O)[O-])cn2CC1)NCc1ccc(Br)cc1. The van der Waals surface area contributed by atoms with Crippen LogP contribution in [0.25, 0.3) is 0 Å². The molecule has 0 atom stereocenters. The number of halogens is 1. The summed E-state index contributed by atoms with van der Waals surface area (Å²) in [6.07, 6.45) is 2.68. The second-order valence-corrected chi connectivity index (χ2v) is 12.9. The normalized spacial score (nSPS) is 14.1. The van der Waals surface area contributed by atoms with E-state index in [9.17, 15) is 34.6 Å². The number of ether oxygens (including phenoxy) is 2. The summed E-state index contributed by atoms with van der Waals surface area (Å²) in [6, 6.07) is 14.9. The highest BCUT2D eigenvalue weighted by atomic mass is 79.9. The van der Waals surface area contributed by atoms with Crippen LogP contribution in [-0.4, -0.2) is 109 Å². The van der Waals surface area contributed by atoms with Crippen LogP contribution >= 0.6 is 15.9 Å². The number of carbonyl (C=O) groups excluding carboxylic acids is 3. The number of Topliss-reactive ketones (excluding diaryl/α,β-unsaturated/α-hetero) is 1. The van der Waals surface area contributed by atoms with E-state index in [-0.39, 0.29) is 61.0 Å². The van der Waals surface area contributed by atoms with Gasteiger partial charge in [-0.1, -0.05) is 41.9 Å². The molecule has 0 aliphatic carbocycles. The van der Waals surface area contributed by atoms with Crippen molar-refractivity contribution in [3.8, 4) is 12.0 Å². The van der Waals surface area contributed by atoms with Gasteiger partial charge in [0.25, 0.3) is 0 Å². The lowest BCUT2D eigenvalue weighted by molar-refractivity contribution is -0.389. The van der Waals surface area contributed by atoms with Crippen molar-refractivity contribution in [2.75, 3.05) is 57.8 Å². The fourth-order valence-corrected chi connectivity index (χ4v) is 5.59. The number of hydrogen-bond acceptors (Lipinski definition) is 13. The summed E-state index contributed by atoms with van der Waals surface area (Å²) < 4.78 is 15.1. The van der Waals surface area contributed by atoms with Crippen molar-refractivity contribution >= 4 is 50.9 Å². The lowest BCUT2D eigenvalue weighted by atomic mass is 10.1. The fourth-order valence-electron chi connectivity index (χ4n) is 5.32. The number of aromatic nitrogens is 4. The van der Waals surface area contributed by atoms with Crippen molar-refractivity contribution in [3.63, 3.8) is 0 Å². The predicted molar refractivity (Wildman–Crippen MR) is 204 cm³/mol. The number of nitrogens with zero attached hydrogens (tertiary/aromatic N) is 8. The molecule has 2 amide bonds. The largest absolute Gasteiger partial charge is 0.444 e. The highest BCUT2D eigenvalue weighted by Gasteiger charge is 2.25. The second-order valence-electron chi connectivity index (χ2n) is 12.0. The Morgan fingerprint density at radius 2 is 1.24 bits per heavy atom. The molecule has 2 N–H and O–H groups in total. The summed E-state index contributed by atoms with van der Waals surface area (Å²) in [7, 11) is 0. The first-order valence-electron chi connectivity index (χ1n) is 17.5. The van der Waals surface area contributed by atoms with Crippen LogP contribution in [0.2, 0.25) is 0 Å². The van der Waals surface area contributed by atoms with E-state index in [1.807, 2.05) is 47.9 Å². The Morgan fingerprint density at radius 1 is 0.745 bits per heavy atom. The number of anilines is 1. The fraction of sp³-hybridized carbons (Fsp3) is 0.400. The number of fused-ring (bicyclic) bond motifs is 2. The second kappa shape index (κ2) is 20.7. The maximum absolute atomic E-state index is 12.3. The standard InChI is InChI=1S/C17H19N5O5.C16H18BrN5O4.C2H6/c1-12(23)13-2-4-14(5-3-13)18-16(24)11-20-6-7-21-10-15(22(25)26)19-17(21)27-9-8-20;17-13-3-1-12(2-4-13)9-18-15(23)11-20-5-6-21-10-14(22(24)25)19-16(21)26-8-7-20;1-2/h2-5,10H,6-9,11H2,1H3,(H,18,24);1-4,10H,5-9,11H2,(H,18,23);1-2H3. The van der Waals surface area contributed by atoms with Crippen molar-refractivity contribution in [2.45, 2.75) is 40.4 Å². The van der Waals surface area contributed by atoms with Crippen LogP contribution in [0.1, 0.15) is 36.7 Å². The molecule has 0 spiro atoms. The number of imidazole rings is 2. The minimum atomic E-state index is -0.566. The zero-order chi connectivity index (χ0) is 39.9. The minimum Gasteiger partial charge on any atom is -0.444 e. The molecule has 0 saturated carbocycles. The monoisotopic (exact) mass is 826 g/mol. The van der Waals surface area contributed by atoms with Crippen molar-refractivity contribution in [1.82, 2.24) is 34.2 Å². The smallest absolute Gasteiger partial charge is 0.414 e. The summed E-state index contributed by atoms with van der Waals surface area (Å²) in [5, 5.41) is 27.3. The lowest BCUT2D eigenvalue weighted by Gasteiger charge is -2.23. The molecule has 6 rings (SSSR count). The highest BCUT2D eigenvalue weighted by molar-refractivity contribution is 9.10. The molecule has 55 heavy (non-hydrogen) atoms. The number of carbonyl (C=O) groups is 3. The van der Waals surface area contributed by atoms with Crippen molar-refractivity contribution in [2.24, 2.45) is 0 Å². The summed E-state index contributed by atoms with van der Waals surface area (Å²) in [5.41, 5.74) is 2.22. The minimum absolute atomic E-state index is 0.0346. The Balaban J connectivity index is 0.000000234. The van der Waals surface area contributed by atoms with Crippen LogP contribution in [-0.2, 0) is 29.2 Å². The molecule has 2 aromatic heterocycles. The molecular formula is C35H43BrN10O9. The van der Waals surface area contributed by atoms with Gasteiger partial charge in [-0.2, -0.15) is 0 Å². The number of rotatable bonds is 10. The summed E-state index contributed by atoms with van der Waals surface area (Å²) >= 11 is 3.38. The Morgan fingerprint density at radius 3 is 1.71 bits per heavy atom. The van der Waals surface area contributed by atoms with Crippen LogP contribution in [0.4, 0.5) is 17.3 Å². The van der Waals surface area contributed by atoms with Gasteiger partial charge in [0, 0.05) is 71.5 Å². The van der Waals surface area contributed by atoms with Crippen LogP contribution in [0, 0.1) is 20.2 Å². The molecule has 294 valence electrons. The molecular weight excluding hydrogens is 784 g/mol. The molecule has 0 saturated heterocycles. The Hall–Kier alpha value is -5.73. The first-order chi connectivity index (χ1) is 26.4. The number of nitro groups is 2. The number of nitrogens with one attached hydrogen (secondary N) is 2. The van der Waals surface area contributed by atoms with Crippen LogP contribution in [0.15, 0.2) is 65.4 Å². The molecule has 0 unspecified atom stereocenters. The molecule has 19 nitrogen and oxygen atoms in total. The van der Waals surface area contributed by atoms with E-state index in [1.165, 1.54) is 19.3 Å². The third-order valence-electron chi connectivity index (χ3n) is 8.13. The lowest BCUT2D eigenvalue weighted by Crippen LogP contribution is -2.41. The molecule has 4 aromatic rings. The molecule has 4 heterocycles. The summed E-state index contributed by atoms with van der Waals surface area (Å²) in [4.78, 5) is 67.8. The van der Waals surface area contributed by atoms with Gasteiger partial charge in [0.15, 0.2) is 5.78 Å². The van der Waals surface area contributed by atoms with Gasteiger partial charge in [0.05, 0.1) is 13.1 Å². The van der Waals surface area contributed by atoms with E-state index in [2.05, 4.69) is 36.5 Å². The summed E-state index contributed by atoms with van der Waals surface area (Å²) in [5.74, 6) is -0.799. The zero-order valence-corrected chi connectivity index (χ0v) is 32.3.